The van der Waals surface area contributed by atoms with Crippen LogP contribution in [0.1, 0.15) is 62.5 Å². The third-order valence-electron chi connectivity index (χ3n) is 8.10. The molecule has 5 nitrogen and oxygen atoms in total. The van der Waals surface area contributed by atoms with E-state index >= 15 is 0 Å². The van der Waals surface area contributed by atoms with Crippen LogP contribution in [0.5, 0.6) is 5.75 Å². The first kappa shape index (κ1) is 24.6. The van der Waals surface area contributed by atoms with Crippen molar-refractivity contribution in [2.75, 3.05) is 7.11 Å². The second-order valence-corrected chi connectivity index (χ2v) is 12.1. The average molecular weight is 504 g/mol. The van der Waals surface area contributed by atoms with Gasteiger partial charge in [-0.05, 0) is 98.2 Å². The van der Waals surface area contributed by atoms with Gasteiger partial charge in [0.15, 0.2) is 0 Å². The highest BCUT2D eigenvalue weighted by Gasteiger charge is 2.55. The summed E-state index contributed by atoms with van der Waals surface area (Å²) >= 11 is 1.68. The van der Waals surface area contributed by atoms with Crippen LogP contribution in [-0.4, -0.2) is 30.1 Å². The minimum Gasteiger partial charge on any atom is -0.497 e. The van der Waals surface area contributed by atoms with Gasteiger partial charge in [0, 0.05) is 15.8 Å². The number of nitrogens with one attached hydrogen (secondary N) is 1. The van der Waals surface area contributed by atoms with Crippen LogP contribution in [0.3, 0.4) is 0 Å². The summed E-state index contributed by atoms with van der Waals surface area (Å²) in [7, 11) is 1.68. The predicted octanol–water partition coefficient (Wildman–Crippen LogP) is 6.31. The molecule has 0 aliphatic heterocycles. The van der Waals surface area contributed by atoms with Crippen molar-refractivity contribution in [2.24, 2.45) is 11.3 Å². The molecule has 6 heteroatoms. The van der Waals surface area contributed by atoms with Gasteiger partial charge in [-0.1, -0.05) is 30.3 Å². The number of ether oxygens (including phenoxy) is 1. The van der Waals surface area contributed by atoms with E-state index in [2.05, 4.69) is 55.6 Å². The number of carboxylic acid groups (broad SMARTS) is 1. The summed E-state index contributed by atoms with van der Waals surface area (Å²) in [6.07, 6.45) is 4.01. The molecule has 2 fully saturated rings. The minimum atomic E-state index is -0.686. The van der Waals surface area contributed by atoms with Gasteiger partial charge in [0.1, 0.15) is 5.75 Å². The number of carboxylic acids is 1. The number of aliphatic carboxylic acids is 1. The van der Waals surface area contributed by atoms with Gasteiger partial charge in [0.05, 0.1) is 18.6 Å². The van der Waals surface area contributed by atoms with Crippen LogP contribution in [0.2, 0.25) is 0 Å². The first-order chi connectivity index (χ1) is 17.2. The molecule has 0 atom stereocenters. The molecule has 0 bridgehead atoms. The summed E-state index contributed by atoms with van der Waals surface area (Å²) in [4.78, 5) is 26.7. The number of hydrogen-bond donors (Lipinski definition) is 2. The smallest absolute Gasteiger partial charge is 0.306 e. The minimum absolute atomic E-state index is 0.00411. The third kappa shape index (κ3) is 4.55. The Bertz CT molecular complexity index is 1310. The van der Waals surface area contributed by atoms with Crippen molar-refractivity contribution < 1.29 is 19.4 Å². The molecule has 1 aromatic heterocycles. The molecule has 1 heterocycles. The lowest BCUT2D eigenvalue weighted by atomic mass is 9.50. The Morgan fingerprint density at radius 3 is 2.36 bits per heavy atom. The second-order valence-electron chi connectivity index (χ2n) is 10.6. The van der Waals surface area contributed by atoms with E-state index in [4.69, 9.17) is 9.84 Å². The number of carbonyl (C=O) groups excluding carboxylic acids is 1. The Morgan fingerprint density at radius 1 is 1.03 bits per heavy atom. The number of amides is 1. The van der Waals surface area contributed by atoms with E-state index in [1.807, 2.05) is 13.0 Å². The number of aryl methyl sites for hydroxylation is 3. The molecule has 188 valence electrons. The first-order valence-electron chi connectivity index (χ1n) is 12.5. The number of benzene rings is 2. The first-order valence-corrected chi connectivity index (χ1v) is 13.4. The SMILES string of the molecule is COc1ccc(C)c(-c2ccc(Cc3c(C)sc(C)c3C(=O)NC3CC4(C3)CC(C(=O)O)C4)cc2)c1. The van der Waals surface area contributed by atoms with Gasteiger partial charge in [-0.15, -0.1) is 11.3 Å². The van der Waals surface area contributed by atoms with Crippen molar-refractivity contribution in [3.63, 3.8) is 0 Å². The maximum Gasteiger partial charge on any atom is 0.306 e. The molecule has 3 aromatic rings. The van der Waals surface area contributed by atoms with Crippen LogP contribution in [0.4, 0.5) is 0 Å². The van der Waals surface area contributed by atoms with Crippen molar-refractivity contribution in [2.45, 2.75) is 58.9 Å². The maximum absolute atomic E-state index is 13.3. The fourth-order valence-corrected chi connectivity index (χ4v) is 7.20. The molecule has 2 aliphatic carbocycles. The average Bonchev–Trinajstić information content (AvgIpc) is 3.07. The fraction of sp³-hybridized carbons (Fsp3) is 0.400. The molecule has 0 unspecified atom stereocenters. The molecule has 0 radical (unpaired) electrons. The van der Waals surface area contributed by atoms with E-state index in [0.29, 0.717) is 6.42 Å². The van der Waals surface area contributed by atoms with Crippen LogP contribution in [0, 0.1) is 32.1 Å². The number of carbonyl (C=O) groups is 2. The van der Waals surface area contributed by atoms with Gasteiger partial charge in [-0.3, -0.25) is 9.59 Å². The Kier molecular flexibility index (Phi) is 6.41. The number of thiophene rings is 1. The molecule has 2 N–H and O–H groups in total. The zero-order chi connectivity index (χ0) is 25.6. The van der Waals surface area contributed by atoms with E-state index < -0.39 is 5.97 Å². The molecule has 0 saturated heterocycles. The van der Waals surface area contributed by atoms with Crippen molar-refractivity contribution in [1.29, 1.82) is 0 Å². The van der Waals surface area contributed by atoms with Gasteiger partial charge in [-0.25, -0.2) is 0 Å². The summed E-state index contributed by atoms with van der Waals surface area (Å²) in [5.41, 5.74) is 6.73. The molecule has 5 rings (SSSR count). The molecule has 1 amide bonds. The second kappa shape index (κ2) is 9.40. The molecule has 2 aromatic carbocycles. The fourth-order valence-electron chi connectivity index (χ4n) is 6.12. The van der Waals surface area contributed by atoms with Gasteiger partial charge < -0.3 is 15.2 Å². The maximum atomic E-state index is 13.3. The van der Waals surface area contributed by atoms with Crippen molar-refractivity contribution >= 4 is 23.2 Å². The van der Waals surface area contributed by atoms with Crippen LogP contribution in [-0.2, 0) is 11.2 Å². The number of rotatable bonds is 7. The van der Waals surface area contributed by atoms with Crippen molar-refractivity contribution in [3.8, 4) is 16.9 Å². The lowest BCUT2D eigenvalue weighted by Crippen LogP contribution is -2.57. The summed E-state index contributed by atoms with van der Waals surface area (Å²) < 4.78 is 5.40. The van der Waals surface area contributed by atoms with Gasteiger partial charge in [-0.2, -0.15) is 0 Å². The Balaban J connectivity index is 1.27. The van der Waals surface area contributed by atoms with Gasteiger partial charge >= 0.3 is 5.97 Å². The third-order valence-corrected chi connectivity index (χ3v) is 9.17. The van der Waals surface area contributed by atoms with E-state index in [1.54, 1.807) is 18.4 Å². The van der Waals surface area contributed by atoms with Crippen LogP contribution < -0.4 is 10.1 Å². The highest BCUT2D eigenvalue weighted by molar-refractivity contribution is 7.12. The Hall–Kier alpha value is -3.12. The topological polar surface area (TPSA) is 75.6 Å². The van der Waals surface area contributed by atoms with Crippen LogP contribution in [0.15, 0.2) is 42.5 Å². The highest BCUT2D eigenvalue weighted by Crippen LogP contribution is 2.58. The van der Waals surface area contributed by atoms with Crippen molar-refractivity contribution in [1.82, 2.24) is 5.32 Å². The normalized spacial score (nSPS) is 22.6. The van der Waals surface area contributed by atoms with Gasteiger partial charge in [0.2, 0.25) is 0 Å². The molecule has 2 saturated carbocycles. The molecular formula is C30H33NO4S. The Morgan fingerprint density at radius 2 is 1.72 bits per heavy atom. The lowest BCUT2D eigenvalue weighted by molar-refractivity contribution is -0.155. The molecule has 36 heavy (non-hydrogen) atoms. The lowest BCUT2D eigenvalue weighted by Gasteiger charge is -2.56. The van der Waals surface area contributed by atoms with E-state index in [0.717, 1.165) is 58.6 Å². The summed E-state index contributed by atoms with van der Waals surface area (Å²) in [5, 5.41) is 12.4. The summed E-state index contributed by atoms with van der Waals surface area (Å²) in [5.74, 6) is -0.0384. The standard InChI is InChI=1S/C30H33NO4S/c1-17-5-10-24(35-4)12-25(17)21-8-6-20(7-9-21)11-26-18(2)36-19(3)27(26)28(32)31-23-15-30(16-23)13-22(14-30)29(33)34/h5-10,12,22-23H,11,13-16H2,1-4H3,(H,31,32)(H,33,34). The summed E-state index contributed by atoms with van der Waals surface area (Å²) in [6.45, 7) is 6.22. The predicted molar refractivity (Wildman–Crippen MR) is 143 cm³/mol. The largest absolute Gasteiger partial charge is 0.497 e. The van der Waals surface area contributed by atoms with Crippen molar-refractivity contribution in [3.05, 3.63) is 74.5 Å². The molecule has 1 spiro atoms. The molecular weight excluding hydrogens is 470 g/mol. The van der Waals surface area contributed by atoms with E-state index in [1.165, 1.54) is 16.0 Å². The Labute approximate surface area is 216 Å². The zero-order valence-electron chi connectivity index (χ0n) is 21.3. The zero-order valence-corrected chi connectivity index (χ0v) is 22.1. The highest BCUT2D eigenvalue weighted by atomic mass is 32.1. The van der Waals surface area contributed by atoms with Crippen LogP contribution in [0.25, 0.3) is 11.1 Å². The van der Waals surface area contributed by atoms with E-state index in [9.17, 15) is 9.59 Å². The number of methoxy groups -OCH3 is 1. The monoisotopic (exact) mass is 503 g/mol. The molecule has 2 aliphatic rings. The number of hydrogen-bond acceptors (Lipinski definition) is 4. The summed E-state index contributed by atoms with van der Waals surface area (Å²) in [6, 6.07) is 14.8. The van der Waals surface area contributed by atoms with E-state index in [-0.39, 0.29) is 23.3 Å². The van der Waals surface area contributed by atoms with Crippen LogP contribution >= 0.6 is 11.3 Å². The quantitative estimate of drug-likeness (QED) is 0.396. The van der Waals surface area contributed by atoms with Gasteiger partial charge in [0.25, 0.3) is 5.91 Å².